The van der Waals surface area contributed by atoms with Crippen LogP contribution in [0.25, 0.3) is 17.0 Å². The highest BCUT2D eigenvalue weighted by Gasteiger charge is 2.40. The molecule has 1 unspecified atom stereocenters. The number of halogens is 2. The monoisotopic (exact) mass is 509 g/mol. The van der Waals surface area contributed by atoms with Gasteiger partial charge in [0.05, 0.1) is 11.7 Å². The fourth-order valence-electron chi connectivity index (χ4n) is 5.61. The van der Waals surface area contributed by atoms with E-state index >= 15 is 0 Å². The third-order valence-corrected chi connectivity index (χ3v) is 8.00. The van der Waals surface area contributed by atoms with Crippen LogP contribution in [-0.4, -0.2) is 75.3 Å². The number of amides is 1. The van der Waals surface area contributed by atoms with Crippen LogP contribution in [0.15, 0.2) is 54.7 Å². The SMILES string of the molecule is O=C(C=Cc1ccc(F)c(F)c1)N1CCC(O)(C(O)CN2CCC(c3c[nH]c4ccccc34)CC2)CC1. The van der Waals surface area contributed by atoms with E-state index in [-0.39, 0.29) is 18.7 Å². The standard InChI is InChI=1S/C29H33F2N3O3/c30-24-7-5-20(17-25(24)31)6-8-28(36)34-15-11-29(37,12-16-34)27(35)19-33-13-9-21(10-14-33)23-18-32-26-4-2-1-3-22(23)26/h1-8,17-18,21,27,32,35,37H,9-16,19H2. The second-order valence-electron chi connectivity index (χ2n) is 10.3. The largest absolute Gasteiger partial charge is 0.389 e. The van der Waals surface area contributed by atoms with Crippen molar-refractivity contribution in [1.29, 1.82) is 0 Å². The molecule has 2 aliphatic heterocycles. The van der Waals surface area contributed by atoms with Gasteiger partial charge in [0.1, 0.15) is 0 Å². The number of rotatable bonds is 6. The molecule has 2 fully saturated rings. The molecule has 0 aliphatic carbocycles. The summed E-state index contributed by atoms with van der Waals surface area (Å²) in [5, 5.41) is 23.3. The molecule has 1 aromatic heterocycles. The molecule has 1 amide bonds. The number of para-hydroxylation sites is 1. The number of hydrogen-bond acceptors (Lipinski definition) is 4. The Hall–Kier alpha value is -3.07. The molecule has 8 heteroatoms. The van der Waals surface area contributed by atoms with Crippen molar-refractivity contribution in [2.75, 3.05) is 32.7 Å². The van der Waals surface area contributed by atoms with Gasteiger partial charge in [-0.05, 0) is 80.1 Å². The third-order valence-electron chi connectivity index (χ3n) is 8.00. The van der Waals surface area contributed by atoms with Gasteiger partial charge < -0.3 is 25.0 Å². The van der Waals surface area contributed by atoms with Gasteiger partial charge in [-0.2, -0.15) is 0 Å². The molecule has 3 heterocycles. The molecule has 1 atom stereocenters. The lowest BCUT2D eigenvalue weighted by Gasteiger charge is -2.43. The first kappa shape index (κ1) is 25.6. The number of likely N-dealkylation sites (tertiary alicyclic amines) is 2. The third kappa shape index (κ3) is 5.61. The number of H-pyrrole nitrogens is 1. The number of nitrogens with one attached hydrogen (secondary N) is 1. The van der Waals surface area contributed by atoms with Crippen LogP contribution < -0.4 is 0 Å². The van der Waals surface area contributed by atoms with E-state index in [0.29, 0.717) is 31.1 Å². The fraction of sp³-hybridized carbons (Fsp3) is 0.414. The van der Waals surface area contributed by atoms with Crippen molar-refractivity contribution in [3.05, 3.63) is 77.5 Å². The van der Waals surface area contributed by atoms with Crippen molar-refractivity contribution in [2.45, 2.75) is 43.3 Å². The second-order valence-corrected chi connectivity index (χ2v) is 10.3. The predicted octanol–water partition coefficient (Wildman–Crippen LogP) is 4.05. The highest BCUT2D eigenvalue weighted by molar-refractivity contribution is 5.91. The summed E-state index contributed by atoms with van der Waals surface area (Å²) in [5.74, 6) is -1.69. The molecule has 2 aliphatic rings. The number of aromatic nitrogens is 1. The number of benzene rings is 2. The van der Waals surface area contributed by atoms with Gasteiger partial charge in [-0.3, -0.25) is 4.79 Å². The van der Waals surface area contributed by atoms with Crippen molar-refractivity contribution in [3.63, 3.8) is 0 Å². The zero-order valence-corrected chi connectivity index (χ0v) is 20.7. The van der Waals surface area contributed by atoms with Crippen LogP contribution in [0, 0.1) is 11.6 Å². The lowest BCUT2D eigenvalue weighted by molar-refractivity contribution is -0.140. The van der Waals surface area contributed by atoms with Crippen LogP contribution in [-0.2, 0) is 4.79 Å². The molecule has 6 nitrogen and oxygen atoms in total. The Morgan fingerprint density at radius 3 is 2.54 bits per heavy atom. The lowest BCUT2D eigenvalue weighted by Crippen LogP contribution is -2.56. The van der Waals surface area contributed by atoms with Crippen molar-refractivity contribution in [2.24, 2.45) is 0 Å². The molecular formula is C29H33F2N3O3. The first-order valence-corrected chi connectivity index (χ1v) is 12.9. The van der Waals surface area contributed by atoms with Crippen LogP contribution in [0.2, 0.25) is 0 Å². The maximum Gasteiger partial charge on any atom is 0.246 e. The topological polar surface area (TPSA) is 79.8 Å². The van der Waals surface area contributed by atoms with Gasteiger partial charge >= 0.3 is 0 Å². The molecule has 5 rings (SSSR count). The van der Waals surface area contributed by atoms with Gasteiger partial charge in [-0.1, -0.05) is 24.3 Å². The minimum absolute atomic E-state index is 0.263. The van der Waals surface area contributed by atoms with Crippen molar-refractivity contribution < 1.29 is 23.8 Å². The molecule has 3 aromatic rings. The van der Waals surface area contributed by atoms with E-state index in [1.165, 1.54) is 29.2 Å². The molecule has 0 saturated carbocycles. The molecule has 0 radical (unpaired) electrons. The number of nitrogens with zero attached hydrogens (tertiary/aromatic N) is 2. The number of aliphatic hydroxyl groups is 2. The Labute approximate surface area is 215 Å². The minimum Gasteiger partial charge on any atom is -0.389 e. The molecule has 0 spiro atoms. The minimum atomic E-state index is -1.24. The Morgan fingerprint density at radius 2 is 1.81 bits per heavy atom. The number of carbonyl (C=O) groups excluding carboxylic acids is 1. The Morgan fingerprint density at radius 1 is 1.08 bits per heavy atom. The normalized spacial score (nSPS) is 20.1. The zero-order valence-electron chi connectivity index (χ0n) is 20.7. The smallest absolute Gasteiger partial charge is 0.246 e. The summed E-state index contributed by atoms with van der Waals surface area (Å²) in [6.45, 7) is 2.75. The number of carbonyl (C=O) groups is 1. The van der Waals surface area contributed by atoms with Gasteiger partial charge in [0.15, 0.2) is 11.6 Å². The highest BCUT2D eigenvalue weighted by atomic mass is 19.2. The second kappa shape index (κ2) is 10.7. The number of aromatic amines is 1. The molecule has 0 bridgehead atoms. The van der Waals surface area contributed by atoms with E-state index in [4.69, 9.17) is 0 Å². The maximum atomic E-state index is 13.4. The number of hydrogen-bond donors (Lipinski definition) is 3. The summed E-state index contributed by atoms with van der Waals surface area (Å²) in [6.07, 6.45) is 6.55. The summed E-state index contributed by atoms with van der Waals surface area (Å²) in [6, 6.07) is 11.8. The van der Waals surface area contributed by atoms with E-state index in [1.807, 2.05) is 6.07 Å². The molecular weight excluding hydrogens is 476 g/mol. The van der Waals surface area contributed by atoms with Crippen LogP contribution >= 0.6 is 0 Å². The molecule has 2 saturated heterocycles. The molecule has 37 heavy (non-hydrogen) atoms. The van der Waals surface area contributed by atoms with Gasteiger partial charge in [-0.15, -0.1) is 0 Å². The fourth-order valence-corrected chi connectivity index (χ4v) is 5.61. The molecule has 196 valence electrons. The van der Waals surface area contributed by atoms with Crippen LogP contribution in [0.3, 0.4) is 0 Å². The van der Waals surface area contributed by atoms with Crippen LogP contribution in [0.5, 0.6) is 0 Å². The number of piperidine rings is 2. The molecule has 2 aromatic carbocycles. The first-order chi connectivity index (χ1) is 17.8. The van der Waals surface area contributed by atoms with Gasteiger partial charge in [0, 0.05) is 42.8 Å². The Bertz CT molecular complexity index is 1270. The Balaban J connectivity index is 1.10. The van der Waals surface area contributed by atoms with E-state index in [0.717, 1.165) is 43.6 Å². The quantitative estimate of drug-likeness (QED) is 0.438. The Kier molecular flexibility index (Phi) is 7.42. The predicted molar refractivity (Wildman–Crippen MR) is 139 cm³/mol. The van der Waals surface area contributed by atoms with Gasteiger partial charge in [0.25, 0.3) is 0 Å². The van der Waals surface area contributed by atoms with Gasteiger partial charge in [0.2, 0.25) is 5.91 Å². The number of β-amino-alcohol motifs (C(OH)–C–C–N with tert-alkyl or cyclic N) is 1. The van der Waals surface area contributed by atoms with Crippen molar-refractivity contribution in [3.8, 4) is 0 Å². The van der Waals surface area contributed by atoms with E-state index in [9.17, 15) is 23.8 Å². The highest BCUT2D eigenvalue weighted by Crippen LogP contribution is 2.34. The first-order valence-electron chi connectivity index (χ1n) is 12.9. The zero-order chi connectivity index (χ0) is 26.0. The van der Waals surface area contributed by atoms with Crippen LogP contribution in [0.1, 0.15) is 42.7 Å². The van der Waals surface area contributed by atoms with E-state index in [1.54, 1.807) is 4.90 Å². The lowest BCUT2D eigenvalue weighted by atomic mass is 9.84. The van der Waals surface area contributed by atoms with Crippen LogP contribution in [0.4, 0.5) is 8.78 Å². The van der Waals surface area contributed by atoms with E-state index < -0.39 is 23.3 Å². The van der Waals surface area contributed by atoms with Crippen molar-refractivity contribution in [1.82, 2.24) is 14.8 Å². The summed E-state index contributed by atoms with van der Waals surface area (Å²) in [5.41, 5.74) is 1.66. The number of aliphatic hydroxyl groups excluding tert-OH is 1. The maximum absolute atomic E-state index is 13.4. The van der Waals surface area contributed by atoms with Crippen molar-refractivity contribution >= 4 is 22.9 Å². The summed E-state index contributed by atoms with van der Waals surface area (Å²) < 4.78 is 26.4. The number of fused-ring (bicyclic) bond motifs is 1. The van der Waals surface area contributed by atoms with Gasteiger partial charge in [-0.25, -0.2) is 8.78 Å². The average molecular weight is 510 g/mol. The summed E-state index contributed by atoms with van der Waals surface area (Å²) >= 11 is 0. The average Bonchev–Trinajstić information content (AvgIpc) is 3.34. The summed E-state index contributed by atoms with van der Waals surface area (Å²) in [7, 11) is 0. The summed E-state index contributed by atoms with van der Waals surface area (Å²) in [4.78, 5) is 19.7. The molecule has 3 N–H and O–H groups in total. The van der Waals surface area contributed by atoms with E-state index in [2.05, 4.69) is 34.3 Å².